The minimum absolute atomic E-state index is 0.676. The lowest BCUT2D eigenvalue weighted by molar-refractivity contribution is 0.317. The molecule has 0 spiro atoms. The van der Waals surface area contributed by atoms with Gasteiger partial charge in [-0.1, -0.05) is 42.5 Å². The molecule has 0 amide bonds. The summed E-state index contributed by atoms with van der Waals surface area (Å²) in [5.74, 6) is 0. The van der Waals surface area contributed by atoms with Crippen LogP contribution in [0.4, 0.5) is 0 Å². The summed E-state index contributed by atoms with van der Waals surface area (Å²) in [5.41, 5.74) is 1.42. The molecule has 2 fully saturated rings. The van der Waals surface area contributed by atoms with Crippen molar-refractivity contribution in [3.8, 4) is 0 Å². The van der Waals surface area contributed by atoms with Gasteiger partial charge in [-0.05, 0) is 35.6 Å². The first-order valence-electron chi connectivity index (χ1n) is 7.84. The van der Waals surface area contributed by atoms with E-state index in [9.17, 15) is 0 Å². The second-order valence-corrected chi connectivity index (χ2v) is 6.23. The summed E-state index contributed by atoms with van der Waals surface area (Å²) in [6, 6.07) is 16.9. The Morgan fingerprint density at radius 2 is 1.85 bits per heavy atom. The lowest BCUT2D eigenvalue weighted by Crippen LogP contribution is -2.32. The summed E-state index contributed by atoms with van der Waals surface area (Å²) in [7, 11) is 0. The molecule has 20 heavy (non-hydrogen) atoms. The summed E-state index contributed by atoms with van der Waals surface area (Å²) in [5, 5.41) is 6.49. The van der Waals surface area contributed by atoms with Gasteiger partial charge in [-0.15, -0.1) is 0 Å². The fourth-order valence-corrected chi connectivity index (χ4v) is 3.43. The Bertz CT molecular complexity index is 598. The molecule has 104 valence electrons. The smallest absolute Gasteiger partial charge is 0.0214 e. The summed E-state index contributed by atoms with van der Waals surface area (Å²) in [6.07, 6.45) is 4.16. The van der Waals surface area contributed by atoms with Crippen LogP contribution >= 0.6 is 0 Å². The predicted octanol–water partition coefficient (Wildman–Crippen LogP) is 3.17. The number of nitrogens with one attached hydrogen (secondary N) is 1. The summed E-state index contributed by atoms with van der Waals surface area (Å²) in [6.45, 7) is 3.53. The molecule has 1 saturated carbocycles. The average molecular weight is 266 g/mol. The van der Waals surface area contributed by atoms with Gasteiger partial charge in [0.15, 0.2) is 0 Å². The lowest BCUT2D eigenvalue weighted by Gasteiger charge is -2.16. The number of fused-ring (bicyclic) bond motifs is 1. The monoisotopic (exact) mass is 266 g/mol. The van der Waals surface area contributed by atoms with Gasteiger partial charge < -0.3 is 5.32 Å². The maximum Gasteiger partial charge on any atom is 0.0214 e. The SMILES string of the molecule is c1ccc2c(CNC3CCN(C4CC4)C3)cccc2c1. The van der Waals surface area contributed by atoms with Crippen molar-refractivity contribution in [1.29, 1.82) is 0 Å². The Hall–Kier alpha value is -1.38. The van der Waals surface area contributed by atoms with E-state index in [-0.39, 0.29) is 0 Å². The standard InChI is InChI=1S/C18H22N2/c1-2-7-18-14(4-1)5-3-6-15(18)12-19-16-10-11-20(13-16)17-8-9-17/h1-7,16-17,19H,8-13H2. The van der Waals surface area contributed by atoms with E-state index in [1.54, 1.807) is 0 Å². The Balaban J connectivity index is 1.43. The van der Waals surface area contributed by atoms with Gasteiger partial charge in [0.1, 0.15) is 0 Å². The maximum absolute atomic E-state index is 3.76. The first kappa shape index (κ1) is 12.4. The molecule has 0 aromatic heterocycles. The van der Waals surface area contributed by atoms with Crippen LogP contribution < -0.4 is 5.32 Å². The van der Waals surface area contributed by atoms with Gasteiger partial charge in [0.25, 0.3) is 0 Å². The molecule has 1 unspecified atom stereocenters. The highest BCUT2D eigenvalue weighted by Gasteiger charge is 2.33. The van der Waals surface area contributed by atoms with E-state index in [1.807, 2.05) is 0 Å². The van der Waals surface area contributed by atoms with Crippen LogP contribution in [0.1, 0.15) is 24.8 Å². The molecule has 1 heterocycles. The van der Waals surface area contributed by atoms with Gasteiger partial charge in [0.2, 0.25) is 0 Å². The van der Waals surface area contributed by atoms with E-state index in [0.717, 1.165) is 12.6 Å². The van der Waals surface area contributed by atoms with E-state index < -0.39 is 0 Å². The van der Waals surface area contributed by atoms with E-state index in [4.69, 9.17) is 0 Å². The van der Waals surface area contributed by atoms with Crippen molar-refractivity contribution in [1.82, 2.24) is 10.2 Å². The molecule has 4 rings (SSSR count). The summed E-state index contributed by atoms with van der Waals surface area (Å²) in [4.78, 5) is 2.67. The number of nitrogens with zero attached hydrogens (tertiary/aromatic N) is 1. The molecule has 2 aromatic carbocycles. The Labute approximate surface area is 120 Å². The molecular formula is C18H22N2. The van der Waals surface area contributed by atoms with Crippen molar-refractivity contribution in [3.05, 3.63) is 48.0 Å². The van der Waals surface area contributed by atoms with Gasteiger partial charge in [-0.2, -0.15) is 0 Å². The molecular weight excluding hydrogens is 244 g/mol. The minimum Gasteiger partial charge on any atom is -0.309 e. The topological polar surface area (TPSA) is 15.3 Å². The molecule has 1 saturated heterocycles. The van der Waals surface area contributed by atoms with Gasteiger partial charge in [-0.3, -0.25) is 4.90 Å². The van der Waals surface area contributed by atoms with E-state index >= 15 is 0 Å². The predicted molar refractivity (Wildman–Crippen MR) is 83.8 cm³/mol. The third-order valence-corrected chi connectivity index (χ3v) is 4.74. The van der Waals surface area contributed by atoms with Crippen LogP contribution in [-0.4, -0.2) is 30.1 Å². The normalized spacial score (nSPS) is 23.5. The second kappa shape index (κ2) is 5.19. The first-order valence-corrected chi connectivity index (χ1v) is 7.84. The summed E-state index contributed by atoms with van der Waals surface area (Å²) < 4.78 is 0. The number of benzene rings is 2. The van der Waals surface area contributed by atoms with Crippen molar-refractivity contribution in [2.24, 2.45) is 0 Å². The molecule has 1 aliphatic heterocycles. The zero-order chi connectivity index (χ0) is 13.4. The van der Waals surface area contributed by atoms with Gasteiger partial charge in [0, 0.05) is 31.7 Å². The third kappa shape index (κ3) is 2.46. The second-order valence-electron chi connectivity index (χ2n) is 6.23. The molecule has 2 aliphatic rings. The Morgan fingerprint density at radius 1 is 1.00 bits per heavy atom. The van der Waals surface area contributed by atoms with Gasteiger partial charge in [-0.25, -0.2) is 0 Å². The van der Waals surface area contributed by atoms with E-state index in [0.29, 0.717) is 6.04 Å². The number of hydrogen-bond donors (Lipinski definition) is 1. The van der Waals surface area contributed by atoms with Crippen LogP contribution in [0.25, 0.3) is 10.8 Å². The molecule has 0 radical (unpaired) electrons. The zero-order valence-electron chi connectivity index (χ0n) is 11.9. The van der Waals surface area contributed by atoms with Crippen molar-refractivity contribution in [3.63, 3.8) is 0 Å². The number of hydrogen-bond acceptors (Lipinski definition) is 2. The van der Waals surface area contributed by atoms with Crippen molar-refractivity contribution >= 4 is 10.8 Å². The Morgan fingerprint density at radius 3 is 2.75 bits per heavy atom. The lowest BCUT2D eigenvalue weighted by atomic mass is 10.0. The number of likely N-dealkylation sites (tertiary alicyclic amines) is 1. The highest BCUT2D eigenvalue weighted by molar-refractivity contribution is 5.85. The highest BCUT2D eigenvalue weighted by Crippen LogP contribution is 2.30. The molecule has 1 aliphatic carbocycles. The molecule has 2 heteroatoms. The zero-order valence-corrected chi connectivity index (χ0v) is 11.9. The largest absolute Gasteiger partial charge is 0.309 e. The maximum atomic E-state index is 3.76. The fraction of sp³-hybridized carbons (Fsp3) is 0.444. The average Bonchev–Trinajstić information content (AvgIpc) is 3.24. The number of rotatable bonds is 4. The molecule has 2 nitrogen and oxygen atoms in total. The first-order chi connectivity index (χ1) is 9.90. The molecule has 2 aromatic rings. The van der Waals surface area contributed by atoms with Crippen molar-refractivity contribution < 1.29 is 0 Å². The third-order valence-electron chi connectivity index (χ3n) is 4.74. The molecule has 1 atom stereocenters. The minimum atomic E-state index is 0.676. The highest BCUT2D eigenvalue weighted by atomic mass is 15.2. The van der Waals surface area contributed by atoms with Gasteiger partial charge in [0.05, 0.1) is 0 Å². The molecule has 0 bridgehead atoms. The van der Waals surface area contributed by atoms with Crippen LogP contribution in [0, 0.1) is 0 Å². The van der Waals surface area contributed by atoms with Crippen LogP contribution in [0.3, 0.4) is 0 Å². The van der Waals surface area contributed by atoms with Crippen molar-refractivity contribution in [2.75, 3.05) is 13.1 Å². The van der Waals surface area contributed by atoms with Crippen LogP contribution in [-0.2, 0) is 6.54 Å². The van der Waals surface area contributed by atoms with Crippen LogP contribution in [0.5, 0.6) is 0 Å². The van der Waals surface area contributed by atoms with Crippen LogP contribution in [0.2, 0.25) is 0 Å². The summed E-state index contributed by atoms with van der Waals surface area (Å²) >= 11 is 0. The quantitative estimate of drug-likeness (QED) is 0.914. The van der Waals surface area contributed by atoms with E-state index in [1.165, 1.54) is 48.7 Å². The fourth-order valence-electron chi connectivity index (χ4n) is 3.43. The van der Waals surface area contributed by atoms with Crippen molar-refractivity contribution in [2.45, 2.75) is 37.9 Å². The Kier molecular flexibility index (Phi) is 3.21. The van der Waals surface area contributed by atoms with Crippen LogP contribution in [0.15, 0.2) is 42.5 Å². The van der Waals surface area contributed by atoms with Gasteiger partial charge >= 0.3 is 0 Å². The van der Waals surface area contributed by atoms with E-state index in [2.05, 4.69) is 52.7 Å². The molecule has 1 N–H and O–H groups in total.